The summed E-state index contributed by atoms with van der Waals surface area (Å²) < 4.78 is 5.23. The molecule has 2 rings (SSSR count). The average Bonchev–Trinajstić information content (AvgIpc) is 2.39. The van der Waals surface area contributed by atoms with Crippen LogP contribution in [-0.2, 0) is 4.74 Å². The lowest BCUT2D eigenvalue weighted by atomic mass is 10.4. The number of aromatic nitrogens is 2. The van der Waals surface area contributed by atoms with Gasteiger partial charge in [-0.3, -0.25) is 15.2 Å². The van der Waals surface area contributed by atoms with Gasteiger partial charge in [-0.25, -0.2) is 10.8 Å². The molecule has 7 heteroatoms. The van der Waals surface area contributed by atoms with Crippen LogP contribution in [0.3, 0.4) is 0 Å². The Morgan fingerprint density at radius 2 is 2.19 bits per heavy atom. The number of hydrazine groups is 1. The topological polar surface area (TPSA) is 93.4 Å². The van der Waals surface area contributed by atoms with Gasteiger partial charge in [-0.2, -0.15) is 0 Å². The first-order valence-corrected chi connectivity index (χ1v) is 4.97. The maximum Gasteiger partial charge on any atom is 0.285 e. The van der Waals surface area contributed by atoms with Gasteiger partial charge in [0.25, 0.3) is 5.91 Å². The first-order chi connectivity index (χ1) is 7.81. The first-order valence-electron chi connectivity index (χ1n) is 4.97. The molecule has 3 N–H and O–H groups in total. The lowest BCUT2D eigenvalue weighted by Crippen LogP contribution is -2.37. The van der Waals surface area contributed by atoms with Crippen molar-refractivity contribution in [3.8, 4) is 0 Å². The number of nitrogens with zero attached hydrogens (tertiary/aromatic N) is 3. The second kappa shape index (κ2) is 4.86. The number of rotatable bonds is 2. The molecule has 1 aliphatic rings. The summed E-state index contributed by atoms with van der Waals surface area (Å²) in [5.41, 5.74) is 2.24. The molecule has 1 aromatic rings. The molecule has 0 saturated carbocycles. The van der Waals surface area contributed by atoms with Crippen molar-refractivity contribution in [3.63, 3.8) is 0 Å². The van der Waals surface area contributed by atoms with E-state index < -0.39 is 5.91 Å². The predicted molar refractivity (Wildman–Crippen MR) is 56.7 cm³/mol. The summed E-state index contributed by atoms with van der Waals surface area (Å²) in [5.74, 6) is 5.26. The SMILES string of the molecule is NNC(=O)c1cncc(N2CCOCC2)n1. The van der Waals surface area contributed by atoms with E-state index in [0.717, 1.165) is 13.1 Å². The third-order valence-electron chi connectivity index (χ3n) is 2.32. The summed E-state index contributed by atoms with van der Waals surface area (Å²) in [4.78, 5) is 21.4. The van der Waals surface area contributed by atoms with E-state index in [1.54, 1.807) is 6.20 Å². The van der Waals surface area contributed by atoms with Gasteiger partial charge in [-0.15, -0.1) is 0 Å². The van der Waals surface area contributed by atoms with Crippen molar-refractivity contribution in [2.75, 3.05) is 31.2 Å². The highest BCUT2D eigenvalue weighted by Gasteiger charge is 2.14. The van der Waals surface area contributed by atoms with Gasteiger partial charge in [0.05, 0.1) is 25.6 Å². The molecule has 0 radical (unpaired) electrons. The Morgan fingerprint density at radius 1 is 1.44 bits per heavy atom. The van der Waals surface area contributed by atoms with E-state index in [4.69, 9.17) is 10.6 Å². The minimum absolute atomic E-state index is 0.214. The third-order valence-corrected chi connectivity index (χ3v) is 2.32. The molecule has 2 heterocycles. The van der Waals surface area contributed by atoms with E-state index in [-0.39, 0.29) is 5.69 Å². The molecule has 0 spiro atoms. The number of hydrogen-bond acceptors (Lipinski definition) is 6. The van der Waals surface area contributed by atoms with Gasteiger partial charge >= 0.3 is 0 Å². The minimum Gasteiger partial charge on any atom is -0.378 e. The van der Waals surface area contributed by atoms with Gasteiger partial charge in [0, 0.05) is 13.1 Å². The molecule has 1 amide bonds. The van der Waals surface area contributed by atoms with Gasteiger partial charge in [0.2, 0.25) is 0 Å². The molecule has 0 atom stereocenters. The highest BCUT2D eigenvalue weighted by molar-refractivity contribution is 5.91. The van der Waals surface area contributed by atoms with Crippen LogP contribution in [0.5, 0.6) is 0 Å². The molecule has 7 nitrogen and oxygen atoms in total. The summed E-state index contributed by atoms with van der Waals surface area (Å²) in [6, 6.07) is 0. The van der Waals surface area contributed by atoms with E-state index in [2.05, 4.69) is 9.97 Å². The number of carbonyl (C=O) groups excluding carboxylic acids is 1. The van der Waals surface area contributed by atoms with Gasteiger partial charge in [0.15, 0.2) is 0 Å². The van der Waals surface area contributed by atoms with Crippen LogP contribution in [-0.4, -0.2) is 42.2 Å². The summed E-state index contributed by atoms with van der Waals surface area (Å²) in [6.07, 6.45) is 3.00. The molecule has 1 aromatic heterocycles. The molecule has 0 aliphatic carbocycles. The Bertz CT molecular complexity index is 378. The fraction of sp³-hybridized carbons (Fsp3) is 0.444. The van der Waals surface area contributed by atoms with E-state index in [0.29, 0.717) is 19.0 Å². The van der Waals surface area contributed by atoms with Crippen LogP contribution in [0, 0.1) is 0 Å². The molecule has 1 saturated heterocycles. The molecule has 0 bridgehead atoms. The number of morpholine rings is 1. The molecule has 1 fully saturated rings. The van der Waals surface area contributed by atoms with Gasteiger partial charge in [-0.05, 0) is 0 Å². The first kappa shape index (κ1) is 10.8. The van der Waals surface area contributed by atoms with Crippen LogP contribution in [0.1, 0.15) is 10.5 Å². The van der Waals surface area contributed by atoms with Gasteiger partial charge in [0.1, 0.15) is 11.5 Å². The number of nitrogens with one attached hydrogen (secondary N) is 1. The van der Waals surface area contributed by atoms with Crippen molar-refractivity contribution in [3.05, 3.63) is 18.1 Å². The van der Waals surface area contributed by atoms with E-state index in [1.165, 1.54) is 6.20 Å². The average molecular weight is 223 g/mol. The van der Waals surface area contributed by atoms with Crippen LogP contribution in [0.25, 0.3) is 0 Å². The minimum atomic E-state index is -0.442. The second-order valence-corrected chi connectivity index (χ2v) is 3.34. The predicted octanol–water partition coefficient (Wildman–Crippen LogP) is -1.08. The Labute approximate surface area is 92.6 Å². The lowest BCUT2D eigenvalue weighted by molar-refractivity contribution is 0.0948. The number of anilines is 1. The maximum absolute atomic E-state index is 11.3. The standard InChI is InChI=1S/C9H13N5O2/c10-13-9(15)7-5-11-6-8(12-7)14-1-3-16-4-2-14/h5-6H,1-4,10H2,(H,13,15). The van der Waals surface area contributed by atoms with Crippen molar-refractivity contribution in [1.29, 1.82) is 0 Å². The zero-order valence-electron chi connectivity index (χ0n) is 8.72. The largest absolute Gasteiger partial charge is 0.378 e. The monoisotopic (exact) mass is 223 g/mol. The number of amides is 1. The number of nitrogen functional groups attached to an aromatic ring is 1. The molecular formula is C9H13N5O2. The zero-order valence-corrected chi connectivity index (χ0v) is 8.72. The number of carbonyl (C=O) groups is 1. The number of hydrogen-bond donors (Lipinski definition) is 2. The van der Waals surface area contributed by atoms with Crippen LogP contribution >= 0.6 is 0 Å². The Kier molecular flexibility index (Phi) is 3.28. The summed E-state index contributed by atoms with van der Waals surface area (Å²) in [7, 11) is 0. The van der Waals surface area contributed by atoms with E-state index in [9.17, 15) is 4.79 Å². The molecular weight excluding hydrogens is 210 g/mol. The Hall–Kier alpha value is -1.73. The van der Waals surface area contributed by atoms with Crippen LogP contribution < -0.4 is 16.2 Å². The second-order valence-electron chi connectivity index (χ2n) is 3.34. The van der Waals surface area contributed by atoms with Crippen molar-refractivity contribution in [1.82, 2.24) is 15.4 Å². The molecule has 0 aromatic carbocycles. The van der Waals surface area contributed by atoms with Gasteiger partial charge in [-0.1, -0.05) is 0 Å². The zero-order chi connectivity index (χ0) is 11.4. The maximum atomic E-state index is 11.3. The molecule has 86 valence electrons. The Morgan fingerprint density at radius 3 is 2.88 bits per heavy atom. The van der Waals surface area contributed by atoms with Crippen molar-refractivity contribution in [2.24, 2.45) is 5.84 Å². The Balaban J connectivity index is 2.17. The summed E-state index contributed by atoms with van der Waals surface area (Å²) in [6.45, 7) is 2.83. The highest BCUT2D eigenvalue weighted by Crippen LogP contribution is 2.11. The van der Waals surface area contributed by atoms with Crippen molar-refractivity contribution < 1.29 is 9.53 Å². The summed E-state index contributed by atoms with van der Waals surface area (Å²) >= 11 is 0. The van der Waals surface area contributed by atoms with E-state index in [1.807, 2.05) is 10.3 Å². The molecule has 16 heavy (non-hydrogen) atoms. The lowest BCUT2D eigenvalue weighted by Gasteiger charge is -2.27. The molecule has 1 aliphatic heterocycles. The van der Waals surface area contributed by atoms with Crippen LogP contribution in [0.2, 0.25) is 0 Å². The fourth-order valence-electron chi connectivity index (χ4n) is 1.48. The van der Waals surface area contributed by atoms with Crippen LogP contribution in [0.15, 0.2) is 12.4 Å². The highest BCUT2D eigenvalue weighted by atomic mass is 16.5. The number of ether oxygens (including phenoxy) is 1. The van der Waals surface area contributed by atoms with E-state index >= 15 is 0 Å². The number of nitrogens with two attached hydrogens (primary N) is 1. The van der Waals surface area contributed by atoms with Crippen molar-refractivity contribution >= 4 is 11.7 Å². The quantitative estimate of drug-likeness (QED) is 0.376. The normalized spacial score (nSPS) is 15.9. The smallest absolute Gasteiger partial charge is 0.285 e. The summed E-state index contributed by atoms with van der Waals surface area (Å²) in [5, 5.41) is 0. The van der Waals surface area contributed by atoms with Gasteiger partial charge < -0.3 is 9.64 Å². The van der Waals surface area contributed by atoms with Crippen LogP contribution in [0.4, 0.5) is 5.82 Å². The third kappa shape index (κ3) is 2.26. The molecule has 0 unspecified atom stereocenters. The fourth-order valence-corrected chi connectivity index (χ4v) is 1.48. The van der Waals surface area contributed by atoms with Crippen molar-refractivity contribution in [2.45, 2.75) is 0 Å².